The van der Waals surface area contributed by atoms with Crippen LogP contribution < -0.4 is 0 Å². The average Bonchev–Trinajstić information content (AvgIpc) is 2.33. The van der Waals surface area contributed by atoms with Crippen molar-refractivity contribution in [2.24, 2.45) is 5.92 Å². The Bertz CT molecular complexity index is 372. The Labute approximate surface area is 104 Å². The second kappa shape index (κ2) is 5.46. The maximum absolute atomic E-state index is 12.1. The summed E-state index contributed by atoms with van der Waals surface area (Å²) in [6.45, 7) is 0. The van der Waals surface area contributed by atoms with Crippen molar-refractivity contribution >= 4 is 5.78 Å². The predicted octanol–water partition coefficient (Wildman–Crippen LogP) is 3.05. The lowest BCUT2D eigenvalue weighted by Crippen LogP contribution is -2.34. The van der Waals surface area contributed by atoms with E-state index in [1.165, 1.54) is 12.0 Å². The summed E-state index contributed by atoms with van der Waals surface area (Å²) in [6.07, 6.45) is 4.07. The monoisotopic (exact) mass is 231 g/mol. The van der Waals surface area contributed by atoms with E-state index >= 15 is 0 Å². The summed E-state index contributed by atoms with van der Waals surface area (Å²) in [6, 6.07) is 10.6. The molecule has 2 rings (SSSR count). The molecule has 2 nitrogen and oxygen atoms in total. The van der Waals surface area contributed by atoms with Gasteiger partial charge in [0.2, 0.25) is 0 Å². The maximum atomic E-state index is 12.1. The lowest BCUT2D eigenvalue weighted by atomic mass is 9.79. The first-order valence-corrected chi connectivity index (χ1v) is 6.44. The molecule has 92 valence electrons. The van der Waals surface area contributed by atoms with Crippen LogP contribution in [0, 0.1) is 5.92 Å². The number of nitrogens with zero attached hydrogens (tertiary/aromatic N) is 1. The quantitative estimate of drug-likeness (QED) is 0.797. The Morgan fingerprint density at radius 1 is 1.18 bits per heavy atom. The molecule has 1 aromatic rings. The van der Waals surface area contributed by atoms with Gasteiger partial charge in [-0.3, -0.25) is 4.79 Å². The van der Waals surface area contributed by atoms with Gasteiger partial charge in [0.1, 0.15) is 5.78 Å². The fourth-order valence-electron chi connectivity index (χ4n) is 2.88. The Balaban J connectivity index is 2.26. The number of carbonyl (C=O) groups is 1. The van der Waals surface area contributed by atoms with Gasteiger partial charge < -0.3 is 4.90 Å². The smallest absolute Gasteiger partial charge is 0.137 e. The zero-order chi connectivity index (χ0) is 12.3. The molecule has 0 amide bonds. The van der Waals surface area contributed by atoms with Crippen LogP contribution in [-0.2, 0) is 4.79 Å². The van der Waals surface area contributed by atoms with Crippen molar-refractivity contribution in [3.05, 3.63) is 35.9 Å². The normalized spacial score (nSPS) is 22.8. The number of Topliss-reactive ketones (excluding diaryl/α,β-unsaturated/α-hetero) is 1. The van der Waals surface area contributed by atoms with Crippen molar-refractivity contribution in [2.45, 2.75) is 31.7 Å². The van der Waals surface area contributed by atoms with Gasteiger partial charge in [-0.1, -0.05) is 36.8 Å². The molecule has 0 aliphatic heterocycles. The van der Waals surface area contributed by atoms with Crippen LogP contribution in [0.3, 0.4) is 0 Å². The number of carbonyl (C=O) groups excluding carboxylic acids is 1. The second-order valence-electron chi connectivity index (χ2n) is 5.14. The van der Waals surface area contributed by atoms with Crippen molar-refractivity contribution in [3.63, 3.8) is 0 Å². The topological polar surface area (TPSA) is 20.3 Å². The minimum atomic E-state index is 0.182. The van der Waals surface area contributed by atoms with E-state index in [4.69, 9.17) is 0 Å². The van der Waals surface area contributed by atoms with Gasteiger partial charge in [-0.15, -0.1) is 0 Å². The van der Waals surface area contributed by atoms with Crippen LogP contribution in [-0.4, -0.2) is 24.8 Å². The molecule has 0 heterocycles. The molecule has 0 spiro atoms. The molecule has 0 bridgehead atoms. The molecule has 1 fully saturated rings. The highest BCUT2D eigenvalue weighted by Gasteiger charge is 2.32. The Morgan fingerprint density at radius 2 is 1.88 bits per heavy atom. The number of hydrogen-bond acceptors (Lipinski definition) is 2. The van der Waals surface area contributed by atoms with E-state index in [9.17, 15) is 4.79 Å². The van der Waals surface area contributed by atoms with Crippen molar-refractivity contribution < 1.29 is 4.79 Å². The minimum Gasteiger partial charge on any atom is -0.302 e. The van der Waals surface area contributed by atoms with Gasteiger partial charge in [-0.2, -0.15) is 0 Å². The van der Waals surface area contributed by atoms with Crippen LogP contribution in [0.25, 0.3) is 0 Å². The van der Waals surface area contributed by atoms with Crippen LogP contribution in [0.2, 0.25) is 0 Å². The molecule has 1 saturated carbocycles. The van der Waals surface area contributed by atoms with Crippen LogP contribution in [0.4, 0.5) is 0 Å². The predicted molar refractivity (Wildman–Crippen MR) is 69.8 cm³/mol. The fourth-order valence-corrected chi connectivity index (χ4v) is 2.88. The second-order valence-corrected chi connectivity index (χ2v) is 5.14. The molecular formula is C15H21NO. The number of benzene rings is 1. The summed E-state index contributed by atoms with van der Waals surface area (Å²) in [4.78, 5) is 14.3. The highest BCUT2D eigenvalue weighted by Crippen LogP contribution is 2.34. The van der Waals surface area contributed by atoms with Crippen molar-refractivity contribution in [1.82, 2.24) is 4.90 Å². The van der Waals surface area contributed by atoms with Gasteiger partial charge in [0.15, 0.2) is 0 Å². The summed E-state index contributed by atoms with van der Waals surface area (Å²) in [7, 11) is 4.14. The van der Waals surface area contributed by atoms with E-state index in [0.717, 1.165) is 19.3 Å². The molecule has 0 radical (unpaired) electrons. The highest BCUT2D eigenvalue weighted by molar-refractivity contribution is 5.82. The lowest BCUT2D eigenvalue weighted by molar-refractivity contribution is -0.126. The molecule has 2 heteroatoms. The van der Waals surface area contributed by atoms with Gasteiger partial charge >= 0.3 is 0 Å². The van der Waals surface area contributed by atoms with Crippen LogP contribution in [0.15, 0.2) is 30.3 Å². The molecule has 1 aliphatic carbocycles. The summed E-state index contributed by atoms with van der Waals surface area (Å²) in [5, 5.41) is 0. The molecule has 0 N–H and O–H groups in total. The Hall–Kier alpha value is -1.15. The fraction of sp³-hybridized carbons (Fsp3) is 0.533. The third-order valence-electron chi connectivity index (χ3n) is 3.68. The Kier molecular flexibility index (Phi) is 3.95. The van der Waals surface area contributed by atoms with Gasteiger partial charge in [0.05, 0.1) is 0 Å². The van der Waals surface area contributed by atoms with E-state index in [1.54, 1.807) is 0 Å². The van der Waals surface area contributed by atoms with Crippen molar-refractivity contribution in [3.8, 4) is 0 Å². The molecule has 0 saturated heterocycles. The summed E-state index contributed by atoms with van der Waals surface area (Å²) >= 11 is 0. The average molecular weight is 231 g/mol. The van der Waals surface area contributed by atoms with Crippen LogP contribution in [0.1, 0.15) is 37.3 Å². The standard InChI is InChI=1S/C15H21NO/c1-16(2)15(12-8-4-3-5-9-12)13-10-6-7-11-14(13)17/h3-5,8-9,13,15H,6-7,10-11H2,1-2H3/t13-,15+/m1/s1. The summed E-state index contributed by atoms with van der Waals surface area (Å²) < 4.78 is 0. The third-order valence-corrected chi connectivity index (χ3v) is 3.68. The minimum absolute atomic E-state index is 0.182. The van der Waals surface area contributed by atoms with Gasteiger partial charge in [-0.05, 0) is 32.5 Å². The maximum Gasteiger partial charge on any atom is 0.137 e. The van der Waals surface area contributed by atoms with Crippen LogP contribution >= 0.6 is 0 Å². The van der Waals surface area contributed by atoms with E-state index in [0.29, 0.717) is 5.78 Å². The first-order valence-electron chi connectivity index (χ1n) is 6.44. The zero-order valence-electron chi connectivity index (χ0n) is 10.7. The van der Waals surface area contributed by atoms with Gasteiger partial charge in [0, 0.05) is 18.4 Å². The SMILES string of the molecule is CN(C)[C@@H](c1ccccc1)[C@@H]1CCCCC1=O. The van der Waals surface area contributed by atoms with E-state index < -0.39 is 0 Å². The Morgan fingerprint density at radius 3 is 2.47 bits per heavy atom. The van der Waals surface area contributed by atoms with E-state index in [1.807, 2.05) is 6.07 Å². The summed E-state index contributed by atoms with van der Waals surface area (Å²) in [5.41, 5.74) is 1.26. The molecule has 0 aromatic heterocycles. The number of rotatable bonds is 3. The number of ketones is 1. The van der Waals surface area contributed by atoms with Crippen molar-refractivity contribution in [2.75, 3.05) is 14.1 Å². The van der Waals surface area contributed by atoms with E-state index in [2.05, 4.69) is 43.3 Å². The van der Waals surface area contributed by atoms with Gasteiger partial charge in [0.25, 0.3) is 0 Å². The lowest BCUT2D eigenvalue weighted by Gasteiger charge is -2.34. The molecule has 17 heavy (non-hydrogen) atoms. The molecular weight excluding hydrogens is 210 g/mol. The molecule has 2 atom stereocenters. The molecule has 1 aliphatic rings. The van der Waals surface area contributed by atoms with Crippen LogP contribution in [0.5, 0.6) is 0 Å². The molecule has 0 unspecified atom stereocenters. The highest BCUT2D eigenvalue weighted by atomic mass is 16.1. The number of hydrogen-bond donors (Lipinski definition) is 0. The third kappa shape index (κ3) is 2.75. The van der Waals surface area contributed by atoms with E-state index in [-0.39, 0.29) is 12.0 Å². The summed E-state index contributed by atoms with van der Waals surface area (Å²) in [5.74, 6) is 0.625. The van der Waals surface area contributed by atoms with Gasteiger partial charge in [-0.25, -0.2) is 0 Å². The molecule has 1 aromatic carbocycles. The largest absolute Gasteiger partial charge is 0.302 e. The first kappa shape index (κ1) is 12.3. The van der Waals surface area contributed by atoms with Crippen molar-refractivity contribution in [1.29, 1.82) is 0 Å². The zero-order valence-corrected chi connectivity index (χ0v) is 10.7. The first-order chi connectivity index (χ1) is 8.20.